The van der Waals surface area contributed by atoms with E-state index in [1.165, 1.54) is 40.8 Å². The quantitative estimate of drug-likeness (QED) is 0.209. The minimum absolute atomic E-state index is 0.0303. The molecule has 2 aliphatic rings. The molecule has 2 fully saturated rings. The smallest absolute Gasteiger partial charge is 0.497 e. The first kappa shape index (κ1) is 32.1. The van der Waals surface area contributed by atoms with Crippen LogP contribution >= 0.6 is 0 Å². The summed E-state index contributed by atoms with van der Waals surface area (Å²) in [6.07, 6.45) is 1.25. The Hall–Kier alpha value is -4.87. The highest BCUT2D eigenvalue weighted by Crippen LogP contribution is 2.37. The maximum atomic E-state index is 13.3. The molecule has 1 N–H and O–H groups in total. The molecule has 1 aliphatic carbocycles. The van der Waals surface area contributed by atoms with Crippen molar-refractivity contribution in [3.63, 3.8) is 0 Å². The van der Waals surface area contributed by atoms with Crippen LogP contribution in [0, 0.1) is 0 Å². The molecule has 0 radical (unpaired) electrons. The minimum atomic E-state index is -4.75. The van der Waals surface area contributed by atoms with E-state index in [1.807, 2.05) is 36.4 Å². The Labute approximate surface area is 271 Å². The highest BCUT2D eigenvalue weighted by Gasteiger charge is 2.32. The lowest BCUT2D eigenvalue weighted by molar-refractivity contribution is -0.274. The van der Waals surface area contributed by atoms with Gasteiger partial charge < -0.3 is 19.7 Å². The van der Waals surface area contributed by atoms with Crippen LogP contribution in [0.1, 0.15) is 68.9 Å². The molecular weight excluding hydrogens is 609 g/mol. The Balaban J connectivity index is 1.12. The number of alkyl halides is 3. The molecule has 0 bridgehead atoms. The Kier molecular flexibility index (Phi) is 9.19. The number of nitrogens with zero attached hydrogens (tertiary/aromatic N) is 5. The number of benzene rings is 3. The maximum Gasteiger partial charge on any atom is 0.573 e. The van der Waals surface area contributed by atoms with Crippen LogP contribution in [0.2, 0.25) is 0 Å². The topological polar surface area (TPSA) is 93.9 Å². The highest BCUT2D eigenvalue weighted by molar-refractivity contribution is 6.05. The summed E-state index contributed by atoms with van der Waals surface area (Å²) in [5.41, 5.74) is 4.69. The first-order valence-electron chi connectivity index (χ1n) is 15.8. The number of hydrogen-bond acceptors (Lipinski definition) is 5. The van der Waals surface area contributed by atoms with Gasteiger partial charge in [-0.05, 0) is 66.6 Å². The Morgan fingerprint density at radius 1 is 1.00 bits per heavy atom. The number of methoxy groups -OCH3 is 1. The van der Waals surface area contributed by atoms with Gasteiger partial charge in [0.25, 0.3) is 0 Å². The van der Waals surface area contributed by atoms with Crippen molar-refractivity contribution >= 4 is 17.6 Å². The normalized spacial score (nSPS) is 19.0. The van der Waals surface area contributed by atoms with Crippen LogP contribution in [0.15, 0.2) is 78.0 Å². The molecule has 6 rings (SSSR count). The molecule has 3 aromatic carbocycles. The second-order valence-electron chi connectivity index (χ2n) is 12.1. The maximum absolute atomic E-state index is 13.3. The Morgan fingerprint density at radius 2 is 1.74 bits per heavy atom. The van der Waals surface area contributed by atoms with Crippen LogP contribution in [0.5, 0.6) is 11.5 Å². The van der Waals surface area contributed by atoms with E-state index in [0.717, 1.165) is 67.0 Å². The Morgan fingerprint density at radius 3 is 2.45 bits per heavy atom. The fourth-order valence-corrected chi connectivity index (χ4v) is 6.45. The summed E-state index contributed by atoms with van der Waals surface area (Å²) in [5.74, 6) is 2.19. The first-order valence-corrected chi connectivity index (χ1v) is 15.8. The molecule has 2 atom stereocenters. The van der Waals surface area contributed by atoms with E-state index in [2.05, 4.69) is 49.9 Å². The van der Waals surface area contributed by atoms with E-state index in [-0.39, 0.29) is 23.7 Å². The van der Waals surface area contributed by atoms with Gasteiger partial charge in [-0.25, -0.2) is 14.5 Å². The average Bonchev–Trinajstić information content (AvgIpc) is 3.82. The van der Waals surface area contributed by atoms with E-state index in [1.54, 1.807) is 7.11 Å². The van der Waals surface area contributed by atoms with Crippen LogP contribution in [0.25, 0.3) is 17.1 Å². The number of rotatable bonds is 8. The molecule has 1 saturated heterocycles. The third-order valence-electron chi connectivity index (χ3n) is 8.72. The van der Waals surface area contributed by atoms with Crippen molar-refractivity contribution in [2.75, 3.05) is 18.6 Å². The van der Waals surface area contributed by atoms with Crippen LogP contribution in [0.4, 0.5) is 23.7 Å². The zero-order valence-electron chi connectivity index (χ0n) is 26.5. The SMILES string of the molecule is COc1ccc(C(C)C)c(N2CCC/C2=N\C(=O)NC2CCCC2c2ccc(-c3ncn(-c4ccc(OC(F)(F)F)cc4)n3)cc2)c1. The van der Waals surface area contributed by atoms with Crippen molar-refractivity contribution in [2.24, 2.45) is 4.99 Å². The molecule has 9 nitrogen and oxygen atoms in total. The van der Waals surface area contributed by atoms with Crippen molar-refractivity contribution in [1.29, 1.82) is 0 Å². The van der Waals surface area contributed by atoms with Gasteiger partial charge in [-0.1, -0.05) is 50.6 Å². The van der Waals surface area contributed by atoms with Gasteiger partial charge in [0.1, 0.15) is 23.7 Å². The Bertz CT molecular complexity index is 1730. The first-order chi connectivity index (χ1) is 22.6. The number of hydrogen-bond donors (Lipinski definition) is 1. The molecule has 246 valence electrons. The molecule has 2 unspecified atom stereocenters. The number of carbonyl (C=O) groups is 1. The van der Waals surface area contributed by atoms with Gasteiger partial charge in [0.05, 0.1) is 12.8 Å². The van der Waals surface area contributed by atoms with Gasteiger partial charge in [0.2, 0.25) is 0 Å². The zero-order chi connectivity index (χ0) is 33.1. The lowest BCUT2D eigenvalue weighted by atomic mass is 9.93. The van der Waals surface area contributed by atoms with E-state index < -0.39 is 6.36 Å². The van der Waals surface area contributed by atoms with Gasteiger partial charge in [0, 0.05) is 42.2 Å². The molecule has 12 heteroatoms. The summed E-state index contributed by atoms with van der Waals surface area (Å²) < 4.78 is 48.3. The number of ether oxygens (including phenoxy) is 2. The van der Waals surface area contributed by atoms with Crippen molar-refractivity contribution < 1.29 is 27.4 Å². The fraction of sp³-hybridized carbons (Fsp3) is 0.371. The number of aliphatic imine (C=N–C) groups is 1. The second-order valence-corrected chi connectivity index (χ2v) is 12.1. The van der Waals surface area contributed by atoms with Crippen molar-refractivity contribution in [1.82, 2.24) is 20.1 Å². The summed E-state index contributed by atoms with van der Waals surface area (Å²) in [7, 11) is 1.66. The average molecular weight is 647 g/mol. The minimum Gasteiger partial charge on any atom is -0.497 e. The predicted octanol–water partition coefficient (Wildman–Crippen LogP) is 8.01. The van der Waals surface area contributed by atoms with Crippen LogP contribution in [-0.2, 0) is 0 Å². The molecule has 4 aromatic rings. The molecule has 1 aliphatic heterocycles. The summed E-state index contributed by atoms with van der Waals surface area (Å²) >= 11 is 0. The second kappa shape index (κ2) is 13.5. The number of nitrogens with one attached hydrogen (secondary N) is 1. The zero-order valence-corrected chi connectivity index (χ0v) is 26.5. The third kappa shape index (κ3) is 7.42. The fourth-order valence-electron chi connectivity index (χ4n) is 6.45. The largest absolute Gasteiger partial charge is 0.573 e. The van der Waals surface area contributed by atoms with E-state index in [0.29, 0.717) is 17.4 Å². The summed E-state index contributed by atoms with van der Waals surface area (Å²) in [5, 5.41) is 7.69. The van der Waals surface area contributed by atoms with E-state index >= 15 is 0 Å². The van der Waals surface area contributed by atoms with Crippen LogP contribution in [-0.4, -0.2) is 52.7 Å². The summed E-state index contributed by atoms with van der Waals surface area (Å²) in [4.78, 5) is 24.4. The number of amidine groups is 1. The monoisotopic (exact) mass is 646 g/mol. The number of aromatic nitrogens is 3. The molecule has 2 amide bonds. The van der Waals surface area contributed by atoms with Gasteiger partial charge in [-0.15, -0.1) is 18.3 Å². The molecular formula is C35H37F3N6O3. The molecule has 1 aromatic heterocycles. The van der Waals surface area contributed by atoms with Gasteiger partial charge in [0.15, 0.2) is 5.82 Å². The van der Waals surface area contributed by atoms with Crippen molar-refractivity contribution in [3.8, 4) is 28.6 Å². The molecule has 2 heterocycles. The summed E-state index contributed by atoms with van der Waals surface area (Å²) in [6, 6.07) is 19.1. The molecule has 47 heavy (non-hydrogen) atoms. The third-order valence-corrected chi connectivity index (χ3v) is 8.72. The summed E-state index contributed by atoms with van der Waals surface area (Å²) in [6.45, 7) is 5.11. The number of carbonyl (C=O) groups excluding carboxylic acids is 1. The standard InChI is InChI=1S/C35H37F3N6O3/c1-22(2)28-18-17-27(46-3)20-31(28)43-19-5-8-32(43)41-34(45)40-30-7-4-6-29(30)23-9-11-24(12-10-23)33-39-21-44(42-33)25-13-15-26(16-14-25)47-35(36,37)38/h9-18,20-22,29-30H,4-8,19H2,1-3H3,(H,40,45)/b41-32+. The van der Waals surface area contributed by atoms with E-state index in [9.17, 15) is 18.0 Å². The van der Waals surface area contributed by atoms with E-state index in [4.69, 9.17) is 4.74 Å². The number of amides is 2. The van der Waals surface area contributed by atoms with Gasteiger partial charge >= 0.3 is 12.4 Å². The number of anilines is 1. The molecule has 0 spiro atoms. The molecule has 1 saturated carbocycles. The lowest BCUT2D eigenvalue weighted by Crippen LogP contribution is -2.36. The van der Waals surface area contributed by atoms with Crippen molar-refractivity contribution in [2.45, 2.75) is 70.2 Å². The number of urea groups is 1. The van der Waals surface area contributed by atoms with Crippen LogP contribution in [0.3, 0.4) is 0 Å². The predicted molar refractivity (Wildman–Crippen MR) is 173 cm³/mol. The lowest BCUT2D eigenvalue weighted by Gasteiger charge is -2.25. The van der Waals surface area contributed by atoms with Crippen molar-refractivity contribution in [3.05, 3.63) is 84.2 Å². The van der Waals surface area contributed by atoms with Gasteiger partial charge in [-0.3, -0.25) is 0 Å². The highest BCUT2D eigenvalue weighted by atomic mass is 19.4. The number of halogens is 3. The van der Waals surface area contributed by atoms with Crippen LogP contribution < -0.4 is 19.7 Å². The van der Waals surface area contributed by atoms with Gasteiger partial charge in [-0.2, -0.15) is 4.99 Å².